The smallest absolute Gasteiger partial charge is 0.281 e. The van der Waals surface area contributed by atoms with Crippen molar-refractivity contribution in [3.8, 4) is 0 Å². The Morgan fingerprint density at radius 3 is 2.61 bits per heavy atom. The Kier molecular flexibility index (Phi) is 6.47. The molecule has 3 N–H and O–H groups in total. The molecular weight excluding hydrogens is 446 g/mol. The maximum absolute atomic E-state index is 12.6. The molecule has 0 spiro atoms. The van der Waals surface area contributed by atoms with Gasteiger partial charge < -0.3 is 14.6 Å². The predicted octanol–water partition coefficient (Wildman–Crippen LogP) is 0.874. The summed E-state index contributed by atoms with van der Waals surface area (Å²) in [5.41, 5.74) is 8.08. The number of hydrogen-bond acceptors (Lipinski definition) is 8. The Morgan fingerprint density at radius 2 is 1.88 bits per heavy atom. The third kappa shape index (κ3) is 4.62. The normalized spacial score (nSPS) is 14.0. The molecule has 1 saturated heterocycles. The summed E-state index contributed by atoms with van der Waals surface area (Å²) in [5.74, 6) is -0.806. The van der Waals surface area contributed by atoms with Gasteiger partial charge in [0.25, 0.3) is 11.5 Å². The van der Waals surface area contributed by atoms with Crippen molar-refractivity contribution < 1.29 is 14.3 Å². The van der Waals surface area contributed by atoms with Crippen LogP contribution in [0.4, 0.5) is 5.13 Å². The average molecular weight is 474 g/mol. The summed E-state index contributed by atoms with van der Waals surface area (Å²) >= 11 is 1.29. The van der Waals surface area contributed by atoms with Crippen molar-refractivity contribution in [1.29, 1.82) is 0 Å². The van der Waals surface area contributed by atoms with Crippen LogP contribution in [-0.4, -0.2) is 57.9 Å². The number of carbonyl (C=O) groups is 2. The number of rotatable bonds is 5. The van der Waals surface area contributed by atoms with Crippen molar-refractivity contribution in [3.63, 3.8) is 0 Å². The van der Waals surface area contributed by atoms with E-state index >= 15 is 0 Å². The van der Waals surface area contributed by atoms with Crippen LogP contribution in [0.15, 0.2) is 4.79 Å². The average Bonchev–Trinajstić information content (AvgIpc) is 3.31. The van der Waals surface area contributed by atoms with Gasteiger partial charge in [0.05, 0.1) is 24.6 Å². The summed E-state index contributed by atoms with van der Waals surface area (Å²) < 4.78 is 6.99. The van der Waals surface area contributed by atoms with Crippen LogP contribution in [0, 0.1) is 20.8 Å². The number of ether oxygens (including phenoxy) is 1. The van der Waals surface area contributed by atoms with Gasteiger partial charge in [0.2, 0.25) is 5.91 Å². The standard InChI is InChI=1S/C21H27N7O4S/c1-11-14(19(30)23-18-16(11)12(2)26-27(18)4)5-6-15(29)24-25-20(31)17-13(3)22-21(33-17)28-7-9-32-10-8-28/h5-10H2,1-4H3,(H,23,30)(H,24,29)(H,25,31). The highest BCUT2D eigenvalue weighted by Crippen LogP contribution is 2.26. The SMILES string of the molecule is Cc1nc(N2CCOCC2)sc1C(=O)NNC(=O)CCc1c(C)c2c(C)nn(C)c2[nH]c1=O. The van der Waals surface area contributed by atoms with Gasteiger partial charge in [-0.1, -0.05) is 11.3 Å². The summed E-state index contributed by atoms with van der Waals surface area (Å²) in [6, 6.07) is 0. The lowest BCUT2D eigenvalue weighted by Crippen LogP contribution is -2.41. The van der Waals surface area contributed by atoms with Crippen molar-refractivity contribution in [2.45, 2.75) is 33.6 Å². The molecule has 1 fully saturated rings. The fraction of sp³-hybridized carbons (Fsp3) is 0.476. The number of nitrogens with one attached hydrogen (secondary N) is 3. The number of aryl methyl sites for hydroxylation is 4. The van der Waals surface area contributed by atoms with Crippen LogP contribution in [-0.2, 0) is 23.0 Å². The van der Waals surface area contributed by atoms with Crippen LogP contribution < -0.4 is 21.3 Å². The number of morpholine rings is 1. The van der Waals surface area contributed by atoms with E-state index in [4.69, 9.17) is 4.74 Å². The van der Waals surface area contributed by atoms with Crippen molar-refractivity contribution in [2.75, 3.05) is 31.2 Å². The number of H-pyrrole nitrogens is 1. The molecule has 0 bridgehead atoms. The molecule has 3 aromatic rings. The van der Waals surface area contributed by atoms with Crippen molar-refractivity contribution in [2.24, 2.45) is 7.05 Å². The molecule has 3 aromatic heterocycles. The van der Waals surface area contributed by atoms with E-state index < -0.39 is 5.91 Å². The quantitative estimate of drug-likeness (QED) is 0.468. The van der Waals surface area contributed by atoms with Gasteiger partial charge in [-0.05, 0) is 32.8 Å². The van der Waals surface area contributed by atoms with Gasteiger partial charge in [-0.15, -0.1) is 0 Å². The van der Waals surface area contributed by atoms with E-state index in [9.17, 15) is 14.4 Å². The number of fused-ring (bicyclic) bond motifs is 1. The van der Waals surface area contributed by atoms with Gasteiger partial charge in [-0.3, -0.25) is 29.9 Å². The number of aromatic amines is 1. The first-order valence-corrected chi connectivity index (χ1v) is 11.5. The fourth-order valence-corrected chi connectivity index (χ4v) is 5.04. The molecule has 4 rings (SSSR count). The minimum Gasteiger partial charge on any atom is -0.378 e. The van der Waals surface area contributed by atoms with Crippen LogP contribution in [0.25, 0.3) is 11.0 Å². The second-order valence-corrected chi connectivity index (χ2v) is 8.98. The van der Waals surface area contributed by atoms with Crippen LogP contribution >= 0.6 is 11.3 Å². The number of hydrazine groups is 1. The lowest BCUT2D eigenvalue weighted by Gasteiger charge is -2.25. The van der Waals surface area contributed by atoms with E-state index in [2.05, 4.69) is 30.8 Å². The molecule has 0 aliphatic carbocycles. The lowest BCUT2D eigenvalue weighted by atomic mass is 10.0. The third-order valence-electron chi connectivity index (χ3n) is 5.75. The molecule has 176 valence electrons. The zero-order valence-corrected chi connectivity index (χ0v) is 19.9. The number of thiazole rings is 1. The van der Waals surface area contributed by atoms with Crippen LogP contribution in [0.2, 0.25) is 0 Å². The largest absolute Gasteiger partial charge is 0.378 e. The van der Waals surface area contributed by atoms with Gasteiger partial charge in [0.15, 0.2) is 5.13 Å². The molecule has 0 saturated carbocycles. The topological polar surface area (TPSA) is 134 Å². The first-order chi connectivity index (χ1) is 15.8. The molecule has 33 heavy (non-hydrogen) atoms. The Bertz CT molecular complexity index is 1270. The highest BCUT2D eigenvalue weighted by molar-refractivity contribution is 7.17. The van der Waals surface area contributed by atoms with Gasteiger partial charge >= 0.3 is 0 Å². The Morgan fingerprint density at radius 1 is 1.15 bits per heavy atom. The van der Waals surface area contributed by atoms with Crippen LogP contribution in [0.5, 0.6) is 0 Å². The summed E-state index contributed by atoms with van der Waals surface area (Å²) in [5, 5.41) is 6.00. The Labute approximate surface area is 194 Å². The molecule has 2 amide bonds. The van der Waals surface area contributed by atoms with Crippen molar-refractivity contribution >= 4 is 39.3 Å². The number of nitrogens with zero attached hydrogens (tertiary/aromatic N) is 4. The summed E-state index contributed by atoms with van der Waals surface area (Å²) in [4.78, 5) is 47.3. The first-order valence-electron chi connectivity index (χ1n) is 10.7. The number of anilines is 1. The van der Waals surface area contributed by atoms with E-state index in [-0.39, 0.29) is 24.3 Å². The minimum atomic E-state index is -0.417. The van der Waals surface area contributed by atoms with E-state index in [0.717, 1.165) is 34.9 Å². The van der Waals surface area contributed by atoms with Gasteiger partial charge in [0.1, 0.15) is 10.5 Å². The monoisotopic (exact) mass is 473 g/mol. The fourth-order valence-electron chi connectivity index (χ4n) is 4.02. The molecule has 1 aliphatic rings. The van der Waals surface area contributed by atoms with Crippen molar-refractivity contribution in [1.82, 2.24) is 30.6 Å². The number of pyridine rings is 1. The second-order valence-electron chi connectivity index (χ2n) is 8.00. The van der Waals surface area contributed by atoms with E-state index in [1.54, 1.807) is 18.7 Å². The number of amides is 2. The van der Waals surface area contributed by atoms with Crippen LogP contribution in [0.1, 0.15) is 38.6 Å². The lowest BCUT2D eigenvalue weighted by molar-refractivity contribution is -0.121. The third-order valence-corrected chi connectivity index (χ3v) is 6.96. The maximum atomic E-state index is 12.6. The van der Waals surface area contributed by atoms with E-state index in [1.165, 1.54) is 11.3 Å². The molecular formula is C21H27N7O4S. The van der Waals surface area contributed by atoms with E-state index in [1.807, 2.05) is 13.8 Å². The molecule has 12 heteroatoms. The molecule has 0 unspecified atom stereocenters. The molecule has 4 heterocycles. The molecule has 0 aromatic carbocycles. The molecule has 11 nitrogen and oxygen atoms in total. The second kappa shape index (κ2) is 9.32. The number of hydrogen-bond donors (Lipinski definition) is 3. The van der Waals surface area contributed by atoms with Gasteiger partial charge in [-0.2, -0.15) is 5.10 Å². The Balaban J connectivity index is 1.36. The maximum Gasteiger partial charge on any atom is 0.281 e. The first kappa shape index (κ1) is 22.9. The van der Waals surface area contributed by atoms with Crippen LogP contribution in [0.3, 0.4) is 0 Å². The summed E-state index contributed by atoms with van der Waals surface area (Å²) in [6.07, 6.45) is 0.295. The molecule has 0 radical (unpaired) electrons. The highest BCUT2D eigenvalue weighted by Gasteiger charge is 2.21. The molecule has 1 aliphatic heterocycles. The van der Waals surface area contributed by atoms with E-state index in [0.29, 0.717) is 35.0 Å². The number of aromatic nitrogens is 4. The predicted molar refractivity (Wildman–Crippen MR) is 125 cm³/mol. The highest BCUT2D eigenvalue weighted by atomic mass is 32.1. The zero-order chi connectivity index (χ0) is 23.7. The zero-order valence-electron chi connectivity index (χ0n) is 19.1. The Hall–Kier alpha value is -3.25. The molecule has 0 atom stereocenters. The van der Waals surface area contributed by atoms with Gasteiger partial charge in [-0.25, -0.2) is 4.98 Å². The summed E-state index contributed by atoms with van der Waals surface area (Å²) in [7, 11) is 1.77. The van der Waals surface area contributed by atoms with Gasteiger partial charge in [0, 0.05) is 37.5 Å². The minimum absolute atomic E-state index is 0.0513. The van der Waals surface area contributed by atoms with Crippen molar-refractivity contribution in [3.05, 3.63) is 37.7 Å². The number of carbonyl (C=O) groups excluding carboxylic acids is 2. The summed E-state index contributed by atoms with van der Waals surface area (Å²) in [6.45, 7) is 8.23.